The molecule has 0 radical (unpaired) electrons. The molecule has 0 saturated carbocycles. The molecule has 2 N–H and O–H groups in total. The van der Waals surface area contributed by atoms with Crippen molar-refractivity contribution in [2.75, 3.05) is 17.7 Å². The normalized spacial score (nSPS) is 12.8. The lowest BCUT2D eigenvalue weighted by molar-refractivity contribution is -0.138. The van der Waals surface area contributed by atoms with Gasteiger partial charge in [-0.1, -0.05) is 15.9 Å². The van der Waals surface area contributed by atoms with Gasteiger partial charge >= 0.3 is 6.18 Å². The van der Waals surface area contributed by atoms with Crippen molar-refractivity contribution < 1.29 is 31.8 Å². The van der Waals surface area contributed by atoms with Gasteiger partial charge in [0.15, 0.2) is 23.1 Å². The Hall–Kier alpha value is -1.58. The Balaban J connectivity index is 2.34. The zero-order chi connectivity index (χ0) is 19.5. The lowest BCUT2D eigenvalue weighted by atomic mass is 10.2. The predicted molar refractivity (Wildman–Crippen MR) is 90.8 cm³/mol. The maximum atomic E-state index is 14.0. The van der Waals surface area contributed by atoms with E-state index in [-0.39, 0.29) is 36.0 Å². The topological polar surface area (TPSA) is 41.5 Å². The summed E-state index contributed by atoms with van der Waals surface area (Å²) in [7, 11) is 0. The largest absolute Gasteiger partial charge is 0.449 e. The number of aliphatic hydroxyl groups is 1. The lowest BCUT2D eigenvalue weighted by Gasteiger charge is -2.16. The van der Waals surface area contributed by atoms with Crippen LogP contribution in [0.5, 0.6) is 11.5 Å². The number of hydrogen-bond acceptors (Lipinski definition) is 3. The van der Waals surface area contributed by atoms with E-state index in [1.807, 2.05) is 0 Å². The molecule has 1 unspecified atom stereocenters. The van der Waals surface area contributed by atoms with Crippen LogP contribution in [0, 0.1) is 11.6 Å². The summed E-state index contributed by atoms with van der Waals surface area (Å²) in [5.74, 6) is -4.05. The molecule has 0 saturated heterocycles. The molecule has 0 fully saturated rings. The highest BCUT2D eigenvalue weighted by molar-refractivity contribution is 9.10. The highest BCUT2D eigenvalue weighted by Crippen LogP contribution is 2.38. The van der Waals surface area contributed by atoms with Gasteiger partial charge in [-0.25, -0.2) is 8.78 Å². The van der Waals surface area contributed by atoms with E-state index in [4.69, 9.17) is 16.3 Å². The second-order valence-electron chi connectivity index (χ2n) is 5.20. The third-order valence-corrected chi connectivity index (χ3v) is 4.03. The van der Waals surface area contributed by atoms with Gasteiger partial charge in [-0.2, -0.15) is 13.2 Å². The van der Waals surface area contributed by atoms with Crippen LogP contribution in [0.1, 0.15) is 5.56 Å². The first kappa shape index (κ1) is 20.7. The average molecular weight is 461 g/mol. The van der Waals surface area contributed by atoms with Gasteiger partial charge in [0.25, 0.3) is 0 Å². The molecule has 142 valence electrons. The van der Waals surface area contributed by atoms with Gasteiger partial charge in [0.2, 0.25) is 0 Å². The molecule has 0 aromatic heterocycles. The van der Waals surface area contributed by atoms with Crippen molar-refractivity contribution in [2.24, 2.45) is 0 Å². The maximum absolute atomic E-state index is 14.0. The summed E-state index contributed by atoms with van der Waals surface area (Å²) in [6.45, 7) is 0.0221. The minimum absolute atomic E-state index is 0.0221. The number of nitrogens with one attached hydrogen (secondary N) is 1. The second kappa shape index (κ2) is 8.41. The fraction of sp³-hybridized carbons (Fsp3) is 0.250. The summed E-state index contributed by atoms with van der Waals surface area (Å²) in [4.78, 5) is 0. The van der Waals surface area contributed by atoms with Crippen LogP contribution in [0.2, 0.25) is 0 Å². The molecule has 0 spiro atoms. The number of anilines is 1. The molecule has 0 bridgehead atoms. The van der Waals surface area contributed by atoms with Gasteiger partial charge in [0, 0.05) is 11.0 Å². The fourth-order valence-corrected chi connectivity index (χ4v) is 2.41. The van der Waals surface area contributed by atoms with Gasteiger partial charge in [0.1, 0.15) is 0 Å². The van der Waals surface area contributed by atoms with E-state index in [0.717, 1.165) is 0 Å². The fourth-order valence-electron chi connectivity index (χ4n) is 1.94. The molecule has 26 heavy (non-hydrogen) atoms. The number of benzene rings is 2. The van der Waals surface area contributed by atoms with Gasteiger partial charge < -0.3 is 15.2 Å². The van der Waals surface area contributed by atoms with Crippen LogP contribution in [-0.4, -0.2) is 23.6 Å². The van der Waals surface area contributed by atoms with E-state index in [1.54, 1.807) is 0 Å². The first-order valence-corrected chi connectivity index (χ1v) is 8.46. The molecule has 2 rings (SSSR count). The highest BCUT2D eigenvalue weighted by atomic mass is 79.9. The zero-order valence-corrected chi connectivity index (χ0v) is 15.2. The average Bonchev–Trinajstić information content (AvgIpc) is 2.56. The van der Waals surface area contributed by atoms with Crippen LogP contribution >= 0.6 is 27.5 Å². The summed E-state index contributed by atoms with van der Waals surface area (Å²) in [6.07, 6.45) is -5.77. The first-order valence-electron chi connectivity index (χ1n) is 7.13. The summed E-state index contributed by atoms with van der Waals surface area (Å²) >= 11 is 8.70. The minimum Gasteiger partial charge on any atom is -0.449 e. The molecule has 0 aliphatic heterocycles. The third kappa shape index (κ3) is 5.21. The standard InChI is InChI=1S/C16H12BrClF5NO2/c17-9-1-2-14(13(5-9)24-7-10(25)6-18)26-15-11(19)3-8(4-12(15)20)16(21,22)23/h1-5,10,24-25H,6-7H2. The minimum atomic E-state index is -4.89. The van der Waals surface area contributed by atoms with Gasteiger partial charge in [-0.15, -0.1) is 11.6 Å². The van der Waals surface area contributed by atoms with Gasteiger partial charge in [0.05, 0.1) is 23.2 Å². The van der Waals surface area contributed by atoms with E-state index < -0.39 is 35.2 Å². The van der Waals surface area contributed by atoms with Crippen molar-refractivity contribution in [3.05, 3.63) is 52.0 Å². The molecule has 3 nitrogen and oxygen atoms in total. The van der Waals surface area contributed by atoms with Crippen molar-refractivity contribution in [2.45, 2.75) is 12.3 Å². The molecule has 0 amide bonds. The van der Waals surface area contributed by atoms with E-state index in [9.17, 15) is 27.1 Å². The van der Waals surface area contributed by atoms with Crippen LogP contribution in [0.25, 0.3) is 0 Å². The maximum Gasteiger partial charge on any atom is 0.416 e. The SMILES string of the molecule is OC(CCl)CNc1cc(Br)ccc1Oc1c(F)cc(C(F)(F)F)cc1F. The Morgan fingerprint density at radius 3 is 2.31 bits per heavy atom. The Morgan fingerprint density at radius 2 is 1.77 bits per heavy atom. The van der Waals surface area contributed by atoms with E-state index in [0.29, 0.717) is 4.47 Å². The van der Waals surface area contributed by atoms with Crippen molar-refractivity contribution in [1.29, 1.82) is 0 Å². The van der Waals surface area contributed by atoms with E-state index in [2.05, 4.69) is 21.2 Å². The molecule has 2 aromatic carbocycles. The number of hydrogen-bond donors (Lipinski definition) is 2. The van der Waals surface area contributed by atoms with Gasteiger partial charge in [-0.3, -0.25) is 0 Å². The number of aliphatic hydroxyl groups excluding tert-OH is 1. The number of alkyl halides is 4. The van der Waals surface area contributed by atoms with E-state index >= 15 is 0 Å². The lowest BCUT2D eigenvalue weighted by Crippen LogP contribution is -2.21. The van der Waals surface area contributed by atoms with Crippen LogP contribution in [0.15, 0.2) is 34.8 Å². The Kier molecular flexibility index (Phi) is 6.70. The monoisotopic (exact) mass is 459 g/mol. The Morgan fingerprint density at radius 1 is 1.15 bits per heavy atom. The smallest absolute Gasteiger partial charge is 0.416 e. The molecule has 0 heterocycles. The summed E-state index contributed by atoms with van der Waals surface area (Å²) < 4.78 is 71.5. The number of rotatable bonds is 6. The van der Waals surface area contributed by atoms with Crippen molar-refractivity contribution >= 4 is 33.2 Å². The van der Waals surface area contributed by atoms with Crippen LogP contribution in [0.3, 0.4) is 0 Å². The number of ether oxygens (including phenoxy) is 1. The Labute approximate surface area is 158 Å². The molecule has 1 atom stereocenters. The third-order valence-electron chi connectivity index (χ3n) is 3.19. The first-order chi connectivity index (χ1) is 12.1. The van der Waals surface area contributed by atoms with Gasteiger partial charge in [-0.05, 0) is 30.3 Å². The quantitative estimate of drug-likeness (QED) is 0.439. The zero-order valence-electron chi connectivity index (χ0n) is 12.9. The van der Waals surface area contributed by atoms with Crippen LogP contribution in [0.4, 0.5) is 27.6 Å². The molecule has 2 aromatic rings. The highest BCUT2D eigenvalue weighted by Gasteiger charge is 2.33. The molecular formula is C16H12BrClF5NO2. The van der Waals surface area contributed by atoms with Crippen molar-refractivity contribution in [3.8, 4) is 11.5 Å². The molecule has 0 aliphatic carbocycles. The number of halogens is 7. The molecule has 0 aliphatic rings. The molecule has 10 heteroatoms. The van der Waals surface area contributed by atoms with Crippen LogP contribution < -0.4 is 10.1 Å². The van der Waals surface area contributed by atoms with Crippen molar-refractivity contribution in [1.82, 2.24) is 0 Å². The second-order valence-corrected chi connectivity index (χ2v) is 6.42. The molecular weight excluding hydrogens is 449 g/mol. The van der Waals surface area contributed by atoms with E-state index in [1.165, 1.54) is 18.2 Å². The van der Waals surface area contributed by atoms with Crippen LogP contribution in [-0.2, 0) is 6.18 Å². The summed E-state index contributed by atoms with van der Waals surface area (Å²) in [5, 5.41) is 12.3. The van der Waals surface area contributed by atoms with Crippen molar-refractivity contribution in [3.63, 3.8) is 0 Å². The predicted octanol–water partition coefficient (Wildman–Crippen LogP) is 5.55. The Bertz CT molecular complexity index is 765. The summed E-state index contributed by atoms with van der Waals surface area (Å²) in [6, 6.07) is 4.69. The summed E-state index contributed by atoms with van der Waals surface area (Å²) in [5.41, 5.74) is -1.21.